The molecule has 1 aliphatic heterocycles. The fraction of sp³-hybridized carbons (Fsp3) is 0.105. The Morgan fingerprint density at radius 3 is 2.86 bits per heavy atom. The van der Waals surface area contributed by atoms with E-state index in [0.29, 0.717) is 38.8 Å². The van der Waals surface area contributed by atoms with Gasteiger partial charge >= 0.3 is 0 Å². The Hall–Kier alpha value is -3.24. The average molecular weight is 426 g/mol. The van der Waals surface area contributed by atoms with Crippen molar-refractivity contribution >= 4 is 51.1 Å². The molecule has 0 unspecified atom stereocenters. The Balaban J connectivity index is 1.64. The number of aliphatic imine (C=N–C) groups is 1. The lowest BCUT2D eigenvalue weighted by Gasteiger charge is -2.11. The third-order valence-electron chi connectivity index (χ3n) is 4.08. The zero-order valence-electron chi connectivity index (χ0n) is 15.1. The average Bonchev–Trinajstić information content (AvgIpc) is 3.45. The maximum atomic E-state index is 12.7. The number of rotatable bonds is 5. The second kappa shape index (κ2) is 8.02. The van der Waals surface area contributed by atoms with E-state index in [-0.39, 0.29) is 11.6 Å². The van der Waals surface area contributed by atoms with Crippen LogP contribution in [0, 0.1) is 10.1 Å². The van der Waals surface area contributed by atoms with Crippen LogP contribution in [0.25, 0.3) is 17.4 Å². The maximum absolute atomic E-state index is 12.7. The quantitative estimate of drug-likeness (QED) is 0.325. The lowest BCUT2D eigenvalue weighted by atomic mass is 10.1. The number of nitro benzene ring substituents is 1. The van der Waals surface area contributed by atoms with Crippen molar-refractivity contribution in [1.29, 1.82) is 0 Å². The van der Waals surface area contributed by atoms with Crippen molar-refractivity contribution in [2.75, 3.05) is 6.54 Å². The summed E-state index contributed by atoms with van der Waals surface area (Å²) in [5, 5.41) is 14.2. The first kappa shape index (κ1) is 19.1. The van der Waals surface area contributed by atoms with Gasteiger partial charge in [0.15, 0.2) is 5.17 Å². The standard InChI is InChI=1S/C19H14N4O4S2/c1-2-22-17(24)16(29-19(22)21-18-20-9-10-28-18)11-12-7-8-15(27-12)13-5-3-4-6-14(13)23(25)26/h3-11H,2H2,1H3/b16-11+,21-19+. The Kier molecular flexibility index (Phi) is 5.28. The third-order valence-corrected chi connectivity index (χ3v) is 5.75. The van der Waals surface area contributed by atoms with E-state index in [0.717, 1.165) is 0 Å². The minimum atomic E-state index is -0.452. The van der Waals surface area contributed by atoms with Crippen LogP contribution in [0.3, 0.4) is 0 Å². The van der Waals surface area contributed by atoms with Gasteiger partial charge in [0.05, 0.1) is 15.4 Å². The minimum Gasteiger partial charge on any atom is -0.456 e. The summed E-state index contributed by atoms with van der Waals surface area (Å²) in [6.07, 6.45) is 3.28. The number of hydrogen-bond donors (Lipinski definition) is 0. The molecule has 10 heteroatoms. The van der Waals surface area contributed by atoms with Crippen LogP contribution in [0.1, 0.15) is 12.7 Å². The predicted molar refractivity (Wildman–Crippen MR) is 113 cm³/mol. The molecule has 0 radical (unpaired) electrons. The van der Waals surface area contributed by atoms with E-state index in [9.17, 15) is 14.9 Å². The first-order chi connectivity index (χ1) is 14.1. The summed E-state index contributed by atoms with van der Waals surface area (Å²) in [4.78, 5) is 34.1. The van der Waals surface area contributed by atoms with Crippen LogP contribution in [-0.2, 0) is 4.79 Å². The van der Waals surface area contributed by atoms with E-state index in [1.807, 2.05) is 12.3 Å². The normalized spacial score (nSPS) is 16.9. The molecule has 146 valence electrons. The molecule has 3 heterocycles. The number of nitrogens with zero attached hydrogens (tertiary/aromatic N) is 4. The largest absolute Gasteiger partial charge is 0.456 e. The van der Waals surface area contributed by atoms with Crippen molar-refractivity contribution in [2.24, 2.45) is 4.99 Å². The second-order valence-electron chi connectivity index (χ2n) is 5.85. The summed E-state index contributed by atoms with van der Waals surface area (Å²) in [5.41, 5.74) is 0.344. The number of aromatic nitrogens is 1. The van der Waals surface area contributed by atoms with Crippen molar-refractivity contribution in [3.63, 3.8) is 0 Å². The van der Waals surface area contributed by atoms with E-state index in [1.54, 1.807) is 47.5 Å². The number of thioether (sulfide) groups is 1. The molecule has 0 bridgehead atoms. The topological polar surface area (TPSA) is 102 Å². The van der Waals surface area contributed by atoms with E-state index in [4.69, 9.17) is 4.42 Å². The summed E-state index contributed by atoms with van der Waals surface area (Å²) in [6.45, 7) is 2.35. The number of para-hydroxylation sites is 1. The molecule has 3 aromatic rings. The number of carbonyl (C=O) groups is 1. The molecular formula is C19H14N4O4S2. The van der Waals surface area contributed by atoms with Gasteiger partial charge in [-0.3, -0.25) is 19.8 Å². The first-order valence-corrected chi connectivity index (χ1v) is 10.3. The summed E-state index contributed by atoms with van der Waals surface area (Å²) in [6, 6.07) is 9.69. The van der Waals surface area contributed by atoms with Gasteiger partial charge in [-0.05, 0) is 36.9 Å². The zero-order chi connectivity index (χ0) is 20.4. The van der Waals surface area contributed by atoms with Crippen molar-refractivity contribution in [1.82, 2.24) is 9.88 Å². The van der Waals surface area contributed by atoms with Gasteiger partial charge < -0.3 is 4.42 Å². The molecule has 1 fully saturated rings. The number of thiazole rings is 1. The number of amides is 1. The number of nitro groups is 1. The van der Waals surface area contributed by atoms with E-state index >= 15 is 0 Å². The molecule has 1 aromatic carbocycles. The van der Waals surface area contributed by atoms with Crippen LogP contribution in [0.5, 0.6) is 0 Å². The molecule has 0 saturated carbocycles. The molecule has 8 nitrogen and oxygen atoms in total. The van der Waals surface area contributed by atoms with E-state index in [1.165, 1.54) is 29.2 Å². The van der Waals surface area contributed by atoms with Gasteiger partial charge in [0, 0.05) is 30.3 Å². The minimum absolute atomic E-state index is 0.0394. The van der Waals surface area contributed by atoms with Crippen LogP contribution in [0.4, 0.5) is 10.8 Å². The number of amidine groups is 1. The molecule has 2 aromatic heterocycles. The molecule has 0 atom stereocenters. The summed E-state index contributed by atoms with van der Waals surface area (Å²) in [5.74, 6) is 0.626. The molecule has 0 spiro atoms. The molecule has 1 amide bonds. The van der Waals surface area contributed by atoms with Gasteiger partial charge in [-0.25, -0.2) is 4.98 Å². The molecular weight excluding hydrogens is 412 g/mol. The smallest absolute Gasteiger partial charge is 0.280 e. The summed E-state index contributed by atoms with van der Waals surface area (Å²) < 4.78 is 5.77. The van der Waals surface area contributed by atoms with Gasteiger partial charge in [0.2, 0.25) is 5.13 Å². The number of hydrogen-bond acceptors (Lipinski definition) is 8. The number of furan rings is 1. The Morgan fingerprint density at radius 2 is 2.14 bits per heavy atom. The molecule has 1 saturated heterocycles. The first-order valence-electron chi connectivity index (χ1n) is 8.60. The van der Waals surface area contributed by atoms with Gasteiger partial charge in [0.25, 0.3) is 11.6 Å². The Labute approximate surface area is 173 Å². The zero-order valence-corrected chi connectivity index (χ0v) is 16.8. The molecule has 4 rings (SSSR count). The number of benzene rings is 1. The fourth-order valence-electron chi connectivity index (χ4n) is 2.77. The predicted octanol–water partition coefficient (Wildman–Crippen LogP) is 4.94. The van der Waals surface area contributed by atoms with Crippen LogP contribution in [0.2, 0.25) is 0 Å². The van der Waals surface area contributed by atoms with Crippen LogP contribution in [0.15, 0.2) is 62.3 Å². The SMILES string of the molecule is CCN1C(=O)/C(=C\c2ccc(-c3ccccc3[N+](=O)[O-])o2)S/C1=N/c1nccs1. The lowest BCUT2D eigenvalue weighted by Crippen LogP contribution is -2.28. The highest BCUT2D eigenvalue weighted by molar-refractivity contribution is 8.18. The van der Waals surface area contributed by atoms with Crippen molar-refractivity contribution in [3.05, 3.63) is 68.8 Å². The van der Waals surface area contributed by atoms with Gasteiger partial charge in [-0.2, -0.15) is 4.99 Å². The molecule has 1 aliphatic rings. The van der Waals surface area contributed by atoms with Crippen molar-refractivity contribution in [3.8, 4) is 11.3 Å². The van der Waals surface area contributed by atoms with Crippen LogP contribution >= 0.6 is 23.1 Å². The second-order valence-corrected chi connectivity index (χ2v) is 7.73. The van der Waals surface area contributed by atoms with Crippen molar-refractivity contribution < 1.29 is 14.1 Å². The van der Waals surface area contributed by atoms with Crippen LogP contribution < -0.4 is 0 Å². The third kappa shape index (κ3) is 3.84. The van der Waals surface area contributed by atoms with Crippen LogP contribution in [-0.4, -0.2) is 32.4 Å². The highest BCUT2D eigenvalue weighted by atomic mass is 32.2. The molecule has 29 heavy (non-hydrogen) atoms. The Morgan fingerprint density at radius 1 is 1.31 bits per heavy atom. The van der Waals surface area contributed by atoms with Crippen molar-refractivity contribution in [2.45, 2.75) is 6.92 Å². The highest BCUT2D eigenvalue weighted by Crippen LogP contribution is 2.36. The summed E-state index contributed by atoms with van der Waals surface area (Å²) in [7, 11) is 0. The fourth-order valence-corrected chi connectivity index (χ4v) is 4.35. The van der Waals surface area contributed by atoms with Gasteiger partial charge in [-0.1, -0.05) is 12.1 Å². The molecule has 0 N–H and O–H groups in total. The molecule has 0 aliphatic carbocycles. The lowest BCUT2D eigenvalue weighted by molar-refractivity contribution is -0.384. The maximum Gasteiger partial charge on any atom is 0.280 e. The number of likely N-dealkylation sites (N-methyl/N-ethyl adjacent to an activating group) is 1. The van der Waals surface area contributed by atoms with E-state index in [2.05, 4.69) is 9.98 Å². The van der Waals surface area contributed by atoms with E-state index < -0.39 is 4.92 Å². The Bertz CT molecular complexity index is 1130. The highest BCUT2D eigenvalue weighted by Gasteiger charge is 2.32. The number of carbonyl (C=O) groups excluding carboxylic acids is 1. The monoisotopic (exact) mass is 426 g/mol. The van der Waals surface area contributed by atoms with Gasteiger partial charge in [0.1, 0.15) is 11.5 Å². The summed E-state index contributed by atoms with van der Waals surface area (Å²) >= 11 is 2.63. The van der Waals surface area contributed by atoms with Gasteiger partial charge in [-0.15, -0.1) is 11.3 Å².